The maximum atomic E-state index is 13.8. The van der Waals surface area contributed by atoms with Crippen molar-refractivity contribution in [2.24, 2.45) is 0 Å². The Hall–Kier alpha value is -4.07. The lowest BCUT2D eigenvalue weighted by Crippen LogP contribution is -2.04. The standard InChI is InChI=1S/C21H15F2N5O/c22-17-7-4-8-18(23)20(17)27-21-26-19(13-24-28-21)25-14-9-11-16(12-10-14)29-15-5-2-1-3-6-15/h1-13H,(H2,25,26,27,28). The van der Waals surface area contributed by atoms with Gasteiger partial charge in [0.15, 0.2) is 5.82 Å². The maximum Gasteiger partial charge on any atom is 0.249 e. The summed E-state index contributed by atoms with van der Waals surface area (Å²) in [4.78, 5) is 4.18. The first-order valence-corrected chi connectivity index (χ1v) is 8.68. The monoisotopic (exact) mass is 391 g/mol. The molecule has 0 saturated carbocycles. The first-order valence-electron chi connectivity index (χ1n) is 8.68. The topological polar surface area (TPSA) is 72.0 Å². The fourth-order valence-corrected chi connectivity index (χ4v) is 2.52. The smallest absolute Gasteiger partial charge is 0.249 e. The Bertz CT molecular complexity index is 1090. The minimum Gasteiger partial charge on any atom is -0.457 e. The summed E-state index contributed by atoms with van der Waals surface area (Å²) in [5.74, 6) is 0.241. The van der Waals surface area contributed by atoms with E-state index in [2.05, 4.69) is 25.8 Å². The molecule has 0 unspecified atom stereocenters. The van der Waals surface area contributed by atoms with E-state index in [0.29, 0.717) is 11.6 Å². The van der Waals surface area contributed by atoms with Gasteiger partial charge in [0.2, 0.25) is 5.95 Å². The van der Waals surface area contributed by atoms with Crippen LogP contribution in [0.5, 0.6) is 11.5 Å². The van der Waals surface area contributed by atoms with Gasteiger partial charge in [-0.25, -0.2) is 8.78 Å². The van der Waals surface area contributed by atoms with Gasteiger partial charge in [-0.2, -0.15) is 10.1 Å². The molecule has 0 atom stereocenters. The number of nitrogens with one attached hydrogen (secondary N) is 2. The van der Waals surface area contributed by atoms with Crippen LogP contribution in [0.25, 0.3) is 0 Å². The summed E-state index contributed by atoms with van der Waals surface area (Å²) in [5.41, 5.74) is 0.391. The second-order valence-electron chi connectivity index (χ2n) is 5.95. The van der Waals surface area contributed by atoms with Gasteiger partial charge in [0.25, 0.3) is 0 Å². The molecule has 0 bridgehead atoms. The number of rotatable bonds is 6. The molecule has 0 aliphatic carbocycles. The number of anilines is 4. The molecule has 0 radical (unpaired) electrons. The zero-order valence-corrected chi connectivity index (χ0v) is 15.0. The average molecular weight is 391 g/mol. The summed E-state index contributed by atoms with van der Waals surface area (Å²) in [7, 11) is 0. The Morgan fingerprint density at radius 2 is 1.41 bits per heavy atom. The van der Waals surface area contributed by atoms with Crippen molar-refractivity contribution in [2.75, 3.05) is 10.6 Å². The maximum absolute atomic E-state index is 13.8. The van der Waals surface area contributed by atoms with Crippen molar-refractivity contribution < 1.29 is 13.5 Å². The number of para-hydroxylation sites is 2. The van der Waals surface area contributed by atoms with Gasteiger partial charge in [-0.05, 0) is 48.5 Å². The van der Waals surface area contributed by atoms with Crippen molar-refractivity contribution in [2.45, 2.75) is 0 Å². The minimum absolute atomic E-state index is 0.0389. The third kappa shape index (κ3) is 4.62. The highest BCUT2D eigenvalue weighted by Crippen LogP contribution is 2.25. The molecule has 0 aliphatic rings. The van der Waals surface area contributed by atoms with Crippen LogP contribution in [0, 0.1) is 11.6 Å². The van der Waals surface area contributed by atoms with E-state index in [4.69, 9.17) is 4.74 Å². The van der Waals surface area contributed by atoms with Crippen molar-refractivity contribution in [3.8, 4) is 11.5 Å². The average Bonchev–Trinajstić information content (AvgIpc) is 2.73. The van der Waals surface area contributed by atoms with E-state index >= 15 is 0 Å². The Balaban J connectivity index is 1.45. The molecule has 4 rings (SSSR count). The summed E-state index contributed by atoms with van der Waals surface area (Å²) in [6, 6.07) is 20.2. The molecule has 0 saturated heterocycles. The van der Waals surface area contributed by atoms with Crippen LogP contribution in [-0.4, -0.2) is 15.2 Å². The predicted molar refractivity (Wildman–Crippen MR) is 106 cm³/mol. The Morgan fingerprint density at radius 3 is 2.14 bits per heavy atom. The molecular formula is C21H15F2N5O. The number of nitrogens with zero attached hydrogens (tertiary/aromatic N) is 3. The van der Waals surface area contributed by atoms with Gasteiger partial charge >= 0.3 is 0 Å². The number of halogens is 2. The Kier molecular flexibility index (Phi) is 5.24. The number of benzene rings is 3. The predicted octanol–water partition coefficient (Wildman–Crippen LogP) is 5.43. The van der Waals surface area contributed by atoms with E-state index < -0.39 is 11.6 Å². The molecule has 6 nitrogen and oxygen atoms in total. The Labute approximate surface area is 165 Å². The highest BCUT2D eigenvalue weighted by molar-refractivity contribution is 5.60. The van der Waals surface area contributed by atoms with Gasteiger partial charge in [-0.3, -0.25) is 0 Å². The SMILES string of the molecule is Fc1cccc(F)c1Nc1nncc(Nc2ccc(Oc3ccccc3)cc2)n1. The van der Waals surface area contributed by atoms with Crippen molar-refractivity contribution in [1.29, 1.82) is 0 Å². The summed E-state index contributed by atoms with van der Waals surface area (Å²) in [5, 5.41) is 13.1. The van der Waals surface area contributed by atoms with Gasteiger partial charge in [0, 0.05) is 5.69 Å². The second-order valence-corrected chi connectivity index (χ2v) is 5.95. The van der Waals surface area contributed by atoms with E-state index in [9.17, 15) is 8.78 Å². The van der Waals surface area contributed by atoms with E-state index in [-0.39, 0.29) is 11.6 Å². The lowest BCUT2D eigenvalue weighted by molar-refractivity contribution is 0.483. The highest BCUT2D eigenvalue weighted by atomic mass is 19.1. The largest absolute Gasteiger partial charge is 0.457 e. The van der Waals surface area contributed by atoms with Crippen LogP contribution in [0.3, 0.4) is 0 Å². The molecule has 4 aromatic rings. The molecule has 0 fully saturated rings. The summed E-state index contributed by atoms with van der Waals surface area (Å²) in [6.45, 7) is 0. The summed E-state index contributed by atoms with van der Waals surface area (Å²) < 4.78 is 33.3. The fourth-order valence-electron chi connectivity index (χ4n) is 2.52. The highest BCUT2D eigenvalue weighted by Gasteiger charge is 2.10. The zero-order valence-electron chi connectivity index (χ0n) is 15.0. The fraction of sp³-hybridized carbons (Fsp3) is 0. The molecule has 1 heterocycles. The number of hydrogen-bond donors (Lipinski definition) is 2. The van der Waals surface area contributed by atoms with Crippen LogP contribution >= 0.6 is 0 Å². The number of ether oxygens (including phenoxy) is 1. The van der Waals surface area contributed by atoms with Gasteiger partial charge in [0.1, 0.15) is 28.8 Å². The van der Waals surface area contributed by atoms with E-state index in [1.807, 2.05) is 42.5 Å². The minimum atomic E-state index is -0.749. The van der Waals surface area contributed by atoms with Crippen LogP contribution in [-0.2, 0) is 0 Å². The van der Waals surface area contributed by atoms with Crippen LogP contribution in [0.2, 0.25) is 0 Å². The normalized spacial score (nSPS) is 10.4. The molecule has 29 heavy (non-hydrogen) atoms. The van der Waals surface area contributed by atoms with Crippen LogP contribution in [0.4, 0.5) is 31.9 Å². The molecule has 0 amide bonds. The third-order valence-electron chi connectivity index (χ3n) is 3.86. The van der Waals surface area contributed by atoms with E-state index in [0.717, 1.165) is 23.6 Å². The zero-order chi connectivity index (χ0) is 20.1. The molecule has 144 valence electrons. The van der Waals surface area contributed by atoms with Crippen LogP contribution in [0.1, 0.15) is 0 Å². The molecule has 0 aliphatic heterocycles. The van der Waals surface area contributed by atoms with Gasteiger partial charge in [0.05, 0.1) is 6.20 Å². The molecule has 8 heteroatoms. The number of aromatic nitrogens is 3. The molecule has 3 aromatic carbocycles. The molecular weight excluding hydrogens is 376 g/mol. The third-order valence-corrected chi connectivity index (χ3v) is 3.86. The second kappa shape index (κ2) is 8.30. The molecule has 1 aromatic heterocycles. The van der Waals surface area contributed by atoms with Crippen molar-refractivity contribution in [3.63, 3.8) is 0 Å². The lowest BCUT2D eigenvalue weighted by Gasteiger charge is -2.10. The number of hydrogen-bond acceptors (Lipinski definition) is 6. The van der Waals surface area contributed by atoms with Crippen LogP contribution in [0.15, 0.2) is 79.0 Å². The Morgan fingerprint density at radius 1 is 0.724 bits per heavy atom. The summed E-state index contributed by atoms with van der Waals surface area (Å²) in [6.07, 6.45) is 1.40. The molecule has 0 spiro atoms. The van der Waals surface area contributed by atoms with E-state index in [1.165, 1.54) is 12.3 Å². The van der Waals surface area contributed by atoms with Gasteiger partial charge in [-0.15, -0.1) is 5.10 Å². The summed E-state index contributed by atoms with van der Waals surface area (Å²) >= 11 is 0. The first kappa shape index (κ1) is 18.3. The van der Waals surface area contributed by atoms with Gasteiger partial charge < -0.3 is 15.4 Å². The quantitative estimate of drug-likeness (QED) is 0.457. The van der Waals surface area contributed by atoms with Crippen molar-refractivity contribution >= 4 is 23.1 Å². The van der Waals surface area contributed by atoms with E-state index in [1.54, 1.807) is 12.1 Å². The lowest BCUT2D eigenvalue weighted by atomic mass is 10.3. The van der Waals surface area contributed by atoms with Crippen molar-refractivity contribution in [3.05, 3.63) is 90.6 Å². The van der Waals surface area contributed by atoms with Gasteiger partial charge in [-0.1, -0.05) is 24.3 Å². The first-order chi connectivity index (χ1) is 14.2. The van der Waals surface area contributed by atoms with Crippen LogP contribution < -0.4 is 15.4 Å². The molecule has 2 N–H and O–H groups in total. The van der Waals surface area contributed by atoms with Crippen molar-refractivity contribution in [1.82, 2.24) is 15.2 Å².